The molecule has 1 aromatic rings. The van der Waals surface area contributed by atoms with E-state index in [4.69, 9.17) is 0 Å². The molecule has 2 heterocycles. The average molecular weight is 249 g/mol. The lowest BCUT2D eigenvalue weighted by Gasteiger charge is -2.33. The van der Waals surface area contributed by atoms with Crippen LogP contribution in [0.25, 0.3) is 0 Å². The molecule has 0 radical (unpaired) electrons. The van der Waals surface area contributed by atoms with E-state index in [9.17, 15) is 0 Å². The van der Waals surface area contributed by atoms with E-state index in [2.05, 4.69) is 26.3 Å². The predicted molar refractivity (Wildman–Crippen MR) is 75.4 cm³/mol. The van der Waals surface area contributed by atoms with Crippen LogP contribution < -0.4 is 15.1 Å². The summed E-state index contributed by atoms with van der Waals surface area (Å²) >= 11 is 0. The van der Waals surface area contributed by atoms with Crippen LogP contribution in [0.1, 0.15) is 18.7 Å². The Kier molecular flexibility index (Phi) is 4.01. The van der Waals surface area contributed by atoms with E-state index in [0.717, 1.165) is 30.5 Å². The molecule has 1 aliphatic rings. The van der Waals surface area contributed by atoms with Gasteiger partial charge in [0.05, 0.1) is 0 Å². The van der Waals surface area contributed by atoms with Gasteiger partial charge in [-0.1, -0.05) is 0 Å². The number of aryl methyl sites for hydroxylation is 1. The van der Waals surface area contributed by atoms with Crippen molar-refractivity contribution in [3.63, 3.8) is 0 Å². The van der Waals surface area contributed by atoms with Gasteiger partial charge in [-0.05, 0) is 26.8 Å². The van der Waals surface area contributed by atoms with Gasteiger partial charge < -0.3 is 15.1 Å². The first-order valence-corrected chi connectivity index (χ1v) is 6.55. The van der Waals surface area contributed by atoms with Crippen LogP contribution >= 0.6 is 0 Å². The van der Waals surface area contributed by atoms with Crippen LogP contribution in [0.3, 0.4) is 0 Å². The Labute approximate surface area is 109 Å². The molecule has 5 nitrogen and oxygen atoms in total. The number of nitrogens with zero attached hydrogens (tertiary/aromatic N) is 4. The average Bonchev–Trinajstić information content (AvgIpc) is 2.38. The zero-order chi connectivity index (χ0) is 13.1. The second kappa shape index (κ2) is 5.52. The van der Waals surface area contributed by atoms with Gasteiger partial charge in [0, 0.05) is 39.3 Å². The Morgan fingerprint density at radius 3 is 2.83 bits per heavy atom. The van der Waals surface area contributed by atoms with E-state index in [0.29, 0.717) is 6.04 Å². The van der Waals surface area contributed by atoms with Crippen LogP contribution in [0, 0.1) is 6.92 Å². The lowest BCUT2D eigenvalue weighted by atomic mass is 10.1. The highest BCUT2D eigenvalue weighted by Crippen LogP contribution is 2.21. The number of hydrogen-bond donors (Lipinski definition) is 1. The van der Waals surface area contributed by atoms with Crippen molar-refractivity contribution in [2.75, 3.05) is 44.0 Å². The summed E-state index contributed by atoms with van der Waals surface area (Å²) in [4.78, 5) is 13.4. The highest BCUT2D eigenvalue weighted by molar-refractivity contribution is 5.50. The molecular formula is C13H23N5. The molecule has 1 unspecified atom stereocenters. The largest absolute Gasteiger partial charge is 0.363 e. The second-order valence-electron chi connectivity index (χ2n) is 5.10. The van der Waals surface area contributed by atoms with Crippen molar-refractivity contribution < 1.29 is 0 Å². The first kappa shape index (κ1) is 13.1. The molecule has 0 spiro atoms. The highest BCUT2D eigenvalue weighted by atomic mass is 15.2. The van der Waals surface area contributed by atoms with Gasteiger partial charge in [0.15, 0.2) is 0 Å². The molecule has 0 bridgehead atoms. The fourth-order valence-electron chi connectivity index (χ4n) is 2.35. The maximum Gasteiger partial charge on any atom is 0.134 e. The first-order chi connectivity index (χ1) is 8.60. The molecule has 0 saturated carbocycles. The smallest absolute Gasteiger partial charge is 0.134 e. The number of aromatic nitrogens is 2. The van der Waals surface area contributed by atoms with E-state index in [1.807, 2.05) is 33.0 Å². The minimum absolute atomic E-state index is 0.567. The third-order valence-electron chi connectivity index (χ3n) is 3.42. The van der Waals surface area contributed by atoms with E-state index in [-0.39, 0.29) is 0 Å². The van der Waals surface area contributed by atoms with Gasteiger partial charge in [-0.2, -0.15) is 0 Å². The number of likely N-dealkylation sites (N-methyl/N-ethyl adjacent to an activating group) is 1. The Morgan fingerprint density at radius 1 is 1.39 bits per heavy atom. The molecule has 0 aliphatic carbocycles. The molecule has 1 aromatic heterocycles. The summed E-state index contributed by atoms with van der Waals surface area (Å²) in [6.07, 6.45) is 2.46. The molecule has 1 aliphatic heterocycles. The molecule has 0 aromatic carbocycles. The SMILES string of the molecule is CNC1CCCN(c2cc(N(C)C)nc(C)n2)C1. The summed E-state index contributed by atoms with van der Waals surface area (Å²) in [6.45, 7) is 4.07. The van der Waals surface area contributed by atoms with Gasteiger partial charge in [-0.25, -0.2) is 9.97 Å². The van der Waals surface area contributed by atoms with Crippen molar-refractivity contribution in [2.24, 2.45) is 0 Å². The zero-order valence-corrected chi connectivity index (χ0v) is 11.8. The van der Waals surface area contributed by atoms with Gasteiger partial charge >= 0.3 is 0 Å². The van der Waals surface area contributed by atoms with Crippen molar-refractivity contribution in [3.8, 4) is 0 Å². The third kappa shape index (κ3) is 2.90. The summed E-state index contributed by atoms with van der Waals surface area (Å²) in [7, 11) is 6.06. The van der Waals surface area contributed by atoms with Crippen molar-refractivity contribution in [3.05, 3.63) is 11.9 Å². The van der Waals surface area contributed by atoms with E-state index in [1.165, 1.54) is 12.8 Å². The Balaban J connectivity index is 2.21. The van der Waals surface area contributed by atoms with Gasteiger partial charge in [-0.15, -0.1) is 0 Å². The van der Waals surface area contributed by atoms with E-state index >= 15 is 0 Å². The predicted octanol–water partition coefficient (Wildman–Crippen LogP) is 1.04. The summed E-state index contributed by atoms with van der Waals surface area (Å²) < 4.78 is 0. The molecule has 5 heteroatoms. The van der Waals surface area contributed by atoms with Crippen LogP contribution in [-0.4, -0.2) is 50.2 Å². The second-order valence-corrected chi connectivity index (χ2v) is 5.10. The van der Waals surface area contributed by atoms with Gasteiger partial charge in [0.1, 0.15) is 17.5 Å². The molecule has 1 N–H and O–H groups in total. The van der Waals surface area contributed by atoms with Crippen LogP contribution in [0.2, 0.25) is 0 Å². The summed E-state index contributed by atoms with van der Waals surface area (Å²) in [6, 6.07) is 2.64. The summed E-state index contributed by atoms with van der Waals surface area (Å²) in [5, 5.41) is 3.36. The van der Waals surface area contributed by atoms with Crippen molar-refractivity contribution in [1.29, 1.82) is 0 Å². The fourth-order valence-corrected chi connectivity index (χ4v) is 2.35. The van der Waals surface area contributed by atoms with Gasteiger partial charge in [0.25, 0.3) is 0 Å². The molecule has 1 saturated heterocycles. The number of hydrogen-bond acceptors (Lipinski definition) is 5. The lowest BCUT2D eigenvalue weighted by Crippen LogP contribution is -2.44. The Morgan fingerprint density at radius 2 is 2.17 bits per heavy atom. The standard InChI is InChI=1S/C13H23N5/c1-10-15-12(17(3)4)8-13(16-10)18-7-5-6-11(9-18)14-2/h8,11,14H,5-7,9H2,1-4H3. The molecule has 100 valence electrons. The van der Waals surface area contributed by atoms with Crippen molar-refractivity contribution >= 4 is 11.6 Å². The van der Waals surface area contributed by atoms with Crippen molar-refractivity contribution in [1.82, 2.24) is 15.3 Å². The van der Waals surface area contributed by atoms with E-state index in [1.54, 1.807) is 0 Å². The molecule has 1 atom stereocenters. The minimum atomic E-state index is 0.567. The maximum absolute atomic E-state index is 4.57. The normalized spacial score (nSPS) is 20.0. The molecule has 18 heavy (non-hydrogen) atoms. The first-order valence-electron chi connectivity index (χ1n) is 6.55. The number of nitrogens with one attached hydrogen (secondary N) is 1. The van der Waals surface area contributed by atoms with Crippen molar-refractivity contribution in [2.45, 2.75) is 25.8 Å². The monoisotopic (exact) mass is 249 g/mol. The Bertz CT molecular complexity index is 404. The van der Waals surface area contributed by atoms with Crippen LogP contribution in [-0.2, 0) is 0 Å². The van der Waals surface area contributed by atoms with Crippen LogP contribution in [0.4, 0.5) is 11.6 Å². The lowest BCUT2D eigenvalue weighted by molar-refractivity contribution is 0.447. The fraction of sp³-hybridized carbons (Fsp3) is 0.692. The number of anilines is 2. The Hall–Kier alpha value is -1.36. The summed E-state index contributed by atoms with van der Waals surface area (Å²) in [5.74, 6) is 2.86. The van der Waals surface area contributed by atoms with Crippen LogP contribution in [0.5, 0.6) is 0 Å². The molecule has 1 fully saturated rings. The topological polar surface area (TPSA) is 44.3 Å². The van der Waals surface area contributed by atoms with Gasteiger partial charge in [0.2, 0.25) is 0 Å². The van der Waals surface area contributed by atoms with Gasteiger partial charge in [-0.3, -0.25) is 0 Å². The zero-order valence-electron chi connectivity index (χ0n) is 11.8. The van der Waals surface area contributed by atoms with Crippen LogP contribution in [0.15, 0.2) is 6.07 Å². The molecule has 0 amide bonds. The highest BCUT2D eigenvalue weighted by Gasteiger charge is 2.20. The number of rotatable bonds is 3. The number of piperidine rings is 1. The quantitative estimate of drug-likeness (QED) is 0.867. The minimum Gasteiger partial charge on any atom is -0.363 e. The van der Waals surface area contributed by atoms with E-state index < -0.39 is 0 Å². The molecule has 2 rings (SSSR count). The third-order valence-corrected chi connectivity index (χ3v) is 3.42. The summed E-state index contributed by atoms with van der Waals surface area (Å²) in [5.41, 5.74) is 0. The maximum atomic E-state index is 4.57. The molecular weight excluding hydrogens is 226 g/mol.